The molecule has 0 radical (unpaired) electrons. The molecule has 54 valence electrons. The predicted molar refractivity (Wildman–Crippen MR) is 49.7 cm³/mol. The third kappa shape index (κ3) is 2.62. The maximum atomic E-state index is 6.06. The molecule has 1 rings (SSSR count). The molecule has 0 N–H and O–H groups in total. The van der Waals surface area contributed by atoms with Crippen molar-refractivity contribution in [3.8, 4) is 0 Å². The summed E-state index contributed by atoms with van der Waals surface area (Å²) < 4.78 is 0. The van der Waals surface area contributed by atoms with Crippen LogP contribution in [0.5, 0.6) is 0 Å². The van der Waals surface area contributed by atoms with Gasteiger partial charge in [0.15, 0.2) is 0 Å². The number of halogens is 2. The second-order valence-corrected chi connectivity index (χ2v) is 14.0. The monoisotopic (exact) mass is 198 g/mol. The summed E-state index contributed by atoms with van der Waals surface area (Å²) in [6.45, 7) is 0.761. The van der Waals surface area contributed by atoms with E-state index in [1.807, 2.05) is 0 Å². The van der Waals surface area contributed by atoms with Crippen molar-refractivity contribution >= 4 is 37.6 Å². The van der Waals surface area contributed by atoms with Crippen molar-refractivity contribution < 1.29 is 0 Å². The highest BCUT2D eigenvalue weighted by atomic mass is 35.7. The van der Waals surface area contributed by atoms with E-state index in [0.29, 0.717) is 0 Å². The fourth-order valence-electron chi connectivity index (χ4n) is 1.18. The molecular formula is C5H12Cl2Si2. The molecular weight excluding hydrogens is 187 g/mol. The normalized spacial score (nSPS) is 28.3. The van der Waals surface area contributed by atoms with Crippen molar-refractivity contribution in [3.05, 3.63) is 0 Å². The van der Waals surface area contributed by atoms with Gasteiger partial charge in [0, 0.05) is 8.80 Å². The largest absolute Gasteiger partial charge is 0.250 e. The molecule has 0 unspecified atom stereocenters. The molecule has 0 saturated carbocycles. The first-order valence-corrected chi connectivity index (χ1v) is 10.7. The number of rotatable bonds is 0. The summed E-state index contributed by atoms with van der Waals surface area (Å²) in [5, 5.41) is 0. The Labute approximate surface area is 68.6 Å². The van der Waals surface area contributed by atoms with Gasteiger partial charge in [0.2, 0.25) is 0 Å². The van der Waals surface area contributed by atoms with E-state index in [1.54, 1.807) is 0 Å². The second-order valence-electron chi connectivity index (χ2n) is 3.04. The number of hydrogen-bond donors (Lipinski definition) is 0. The summed E-state index contributed by atoms with van der Waals surface area (Å²) in [5.41, 5.74) is 0. The summed E-state index contributed by atoms with van der Waals surface area (Å²) in [6, 6.07) is 5.12. The van der Waals surface area contributed by atoms with Crippen LogP contribution in [0.1, 0.15) is 0 Å². The zero-order valence-electron chi connectivity index (χ0n) is 5.66. The predicted octanol–water partition coefficient (Wildman–Crippen LogP) is 2.78. The molecule has 1 heterocycles. The highest BCUT2D eigenvalue weighted by Gasteiger charge is 2.32. The molecule has 0 amide bonds. The van der Waals surface area contributed by atoms with E-state index in [0.717, 1.165) is 0 Å². The molecule has 1 fully saturated rings. The van der Waals surface area contributed by atoms with Crippen LogP contribution in [-0.4, -0.2) is 15.5 Å². The van der Waals surface area contributed by atoms with E-state index in [4.69, 9.17) is 22.2 Å². The van der Waals surface area contributed by atoms with Crippen LogP contribution in [0, 0.1) is 0 Å². The minimum Gasteiger partial charge on any atom is -0.146 e. The van der Waals surface area contributed by atoms with Crippen molar-refractivity contribution in [1.29, 1.82) is 0 Å². The van der Waals surface area contributed by atoms with Crippen molar-refractivity contribution in [1.82, 2.24) is 0 Å². The Morgan fingerprint density at radius 3 is 2.00 bits per heavy atom. The molecule has 9 heavy (non-hydrogen) atoms. The molecule has 0 spiro atoms. The van der Waals surface area contributed by atoms with Gasteiger partial charge in [-0.05, 0) is 12.1 Å². The molecule has 0 aliphatic carbocycles. The summed E-state index contributed by atoms with van der Waals surface area (Å²) in [7, 11) is -0.311. The van der Waals surface area contributed by atoms with E-state index < -0.39 is 6.69 Å². The average Bonchev–Trinajstić information content (AvgIpc) is 1.78. The Hall–Kier alpha value is 1.01. The highest BCUT2D eigenvalue weighted by Crippen LogP contribution is 2.35. The van der Waals surface area contributed by atoms with Gasteiger partial charge in [-0.25, -0.2) is 0 Å². The fraction of sp³-hybridized carbons (Fsp3) is 1.00. The highest BCUT2D eigenvalue weighted by molar-refractivity contribution is 7.45. The lowest BCUT2D eigenvalue weighted by Crippen LogP contribution is -2.28. The van der Waals surface area contributed by atoms with E-state index in [-0.39, 0.29) is 8.80 Å². The molecule has 4 heteroatoms. The Morgan fingerprint density at radius 2 is 1.67 bits per heavy atom. The van der Waals surface area contributed by atoms with E-state index >= 15 is 0 Å². The van der Waals surface area contributed by atoms with Gasteiger partial charge in [0.05, 0.1) is 0 Å². The first-order valence-electron chi connectivity index (χ1n) is 3.48. The molecule has 1 saturated heterocycles. The van der Waals surface area contributed by atoms with E-state index in [9.17, 15) is 0 Å². The zero-order valence-corrected chi connectivity index (χ0v) is 9.33. The lowest BCUT2D eigenvalue weighted by molar-refractivity contribution is 1.19. The summed E-state index contributed by atoms with van der Waals surface area (Å²) >= 11 is 12.1. The van der Waals surface area contributed by atoms with Crippen LogP contribution < -0.4 is 0 Å². The lowest BCUT2D eigenvalue weighted by Gasteiger charge is -2.25. The van der Waals surface area contributed by atoms with Crippen molar-refractivity contribution in [2.45, 2.75) is 30.7 Å². The Kier molecular flexibility index (Phi) is 2.66. The zero-order chi connectivity index (χ0) is 6.91. The van der Waals surface area contributed by atoms with Gasteiger partial charge >= 0.3 is 0 Å². The molecule has 0 nitrogen and oxygen atoms in total. The van der Waals surface area contributed by atoms with Crippen LogP contribution in [0.15, 0.2) is 0 Å². The Bertz CT molecular complexity index is 95.1. The van der Waals surface area contributed by atoms with Crippen molar-refractivity contribution in [2.24, 2.45) is 0 Å². The van der Waals surface area contributed by atoms with E-state index in [1.165, 1.54) is 24.2 Å². The van der Waals surface area contributed by atoms with Gasteiger partial charge < -0.3 is 0 Å². The molecule has 0 atom stereocenters. The minimum atomic E-state index is -1.65. The van der Waals surface area contributed by atoms with E-state index in [2.05, 4.69) is 6.55 Å². The van der Waals surface area contributed by atoms with Crippen LogP contribution in [0.25, 0.3) is 0 Å². The van der Waals surface area contributed by atoms with Gasteiger partial charge in [-0.3, -0.25) is 0 Å². The second kappa shape index (κ2) is 2.95. The lowest BCUT2D eigenvalue weighted by atomic mass is 10.9. The summed E-state index contributed by atoms with van der Waals surface area (Å²) in [6.07, 6.45) is 0. The van der Waals surface area contributed by atoms with Crippen molar-refractivity contribution in [2.75, 3.05) is 0 Å². The molecule has 0 aromatic carbocycles. The SMILES string of the molecule is C[SiH]1CC[Si](Cl)(Cl)CC1. The standard InChI is InChI=1S/C5H12Cl2Si2/c1-8-2-4-9(6,7)5-3-8/h8H,2-5H2,1H3. The first-order chi connectivity index (χ1) is 4.10. The quantitative estimate of drug-likeness (QED) is 0.415. The maximum Gasteiger partial charge on any atom is 0.250 e. The molecule has 1 aliphatic rings. The van der Waals surface area contributed by atoms with Gasteiger partial charge in [0.1, 0.15) is 0 Å². The van der Waals surface area contributed by atoms with Crippen LogP contribution in [-0.2, 0) is 0 Å². The summed E-state index contributed by atoms with van der Waals surface area (Å²) in [5.74, 6) is 0. The van der Waals surface area contributed by atoms with Crippen LogP contribution in [0.4, 0.5) is 0 Å². The molecule has 0 aromatic rings. The molecule has 1 aliphatic heterocycles. The summed E-state index contributed by atoms with van der Waals surface area (Å²) in [4.78, 5) is 0. The Balaban J connectivity index is 2.35. The molecule has 0 bridgehead atoms. The van der Waals surface area contributed by atoms with Gasteiger partial charge in [-0.15, -0.1) is 22.2 Å². The smallest absolute Gasteiger partial charge is 0.146 e. The minimum absolute atomic E-state index is 0.311. The van der Waals surface area contributed by atoms with Gasteiger partial charge in [-0.1, -0.05) is 18.6 Å². The maximum absolute atomic E-state index is 6.06. The van der Waals surface area contributed by atoms with Gasteiger partial charge in [-0.2, -0.15) is 0 Å². The van der Waals surface area contributed by atoms with Crippen LogP contribution >= 0.6 is 22.2 Å². The first kappa shape index (κ1) is 8.11. The fourth-order valence-corrected chi connectivity index (χ4v) is 13.0. The third-order valence-corrected chi connectivity index (χ3v) is 10.0. The average molecular weight is 199 g/mol. The van der Waals surface area contributed by atoms with Crippen LogP contribution in [0.3, 0.4) is 0 Å². The topological polar surface area (TPSA) is 0 Å². The third-order valence-electron chi connectivity index (χ3n) is 2.01. The van der Waals surface area contributed by atoms with Gasteiger partial charge in [0.25, 0.3) is 6.69 Å². The molecule has 0 aromatic heterocycles. The Morgan fingerprint density at radius 1 is 1.22 bits per heavy atom. The number of hydrogen-bond acceptors (Lipinski definition) is 0. The van der Waals surface area contributed by atoms with Crippen LogP contribution in [0.2, 0.25) is 30.7 Å². The van der Waals surface area contributed by atoms with Crippen molar-refractivity contribution in [3.63, 3.8) is 0 Å².